The lowest BCUT2D eigenvalue weighted by atomic mass is 10.2. The molecule has 134 valence electrons. The molecule has 0 unspecified atom stereocenters. The molecule has 6 nitrogen and oxygen atoms in total. The Hall–Kier alpha value is -1.70. The average molecular weight is 404 g/mol. The minimum absolute atomic E-state index is 0.148. The number of halogens is 2. The molecule has 0 N–H and O–H groups in total. The van der Waals surface area contributed by atoms with E-state index in [1.165, 1.54) is 18.2 Å². The fourth-order valence-electron chi connectivity index (χ4n) is 2.06. The predicted octanol–water partition coefficient (Wildman–Crippen LogP) is 3.99. The summed E-state index contributed by atoms with van der Waals surface area (Å²) in [5.41, 5.74) is 0.542. The van der Waals surface area contributed by atoms with Crippen molar-refractivity contribution in [3.63, 3.8) is 0 Å². The number of ether oxygens (including phenoxy) is 2. The Bertz CT molecular complexity index is 727. The van der Waals surface area contributed by atoms with Gasteiger partial charge in [0, 0.05) is 6.54 Å². The van der Waals surface area contributed by atoms with E-state index in [4.69, 9.17) is 32.7 Å². The van der Waals surface area contributed by atoms with Gasteiger partial charge in [0.15, 0.2) is 12.4 Å². The molecule has 1 aromatic rings. The Balaban J connectivity index is 2.20. The molecule has 1 fully saturated rings. The molecule has 1 saturated heterocycles. The zero-order valence-corrected chi connectivity index (χ0v) is 15.8. The molecule has 0 radical (unpaired) electrons. The molecule has 0 saturated carbocycles. The number of imide groups is 1. The van der Waals surface area contributed by atoms with Gasteiger partial charge in [-0.15, -0.1) is 0 Å². The van der Waals surface area contributed by atoms with Gasteiger partial charge in [0.05, 0.1) is 21.6 Å². The molecule has 25 heavy (non-hydrogen) atoms. The lowest BCUT2D eigenvalue weighted by Gasteiger charge is -2.10. The normalized spacial score (nSPS) is 15.8. The van der Waals surface area contributed by atoms with Gasteiger partial charge in [0.2, 0.25) is 0 Å². The van der Waals surface area contributed by atoms with Crippen LogP contribution in [-0.4, -0.2) is 41.8 Å². The smallest absolute Gasteiger partial charge is 0.344 e. The molecule has 0 spiro atoms. The zero-order valence-electron chi connectivity index (χ0n) is 13.5. The van der Waals surface area contributed by atoms with Crippen molar-refractivity contribution in [3.05, 3.63) is 32.6 Å². The minimum Gasteiger partial charge on any atom is -0.479 e. The van der Waals surface area contributed by atoms with Crippen molar-refractivity contribution in [1.29, 1.82) is 0 Å². The van der Waals surface area contributed by atoms with Crippen LogP contribution in [0, 0.1) is 0 Å². The lowest BCUT2D eigenvalue weighted by Crippen LogP contribution is -2.27. The third-order valence-corrected chi connectivity index (χ3v) is 4.62. The number of hydrogen-bond acceptors (Lipinski definition) is 6. The van der Waals surface area contributed by atoms with Crippen LogP contribution in [0.2, 0.25) is 10.0 Å². The molecule has 1 heterocycles. The first-order chi connectivity index (χ1) is 11.9. The Labute approximate surface area is 159 Å². The van der Waals surface area contributed by atoms with Crippen molar-refractivity contribution in [3.8, 4) is 5.75 Å². The fraction of sp³-hybridized carbons (Fsp3) is 0.312. The van der Waals surface area contributed by atoms with Crippen molar-refractivity contribution in [2.24, 2.45) is 0 Å². The second-order valence-electron chi connectivity index (χ2n) is 4.83. The number of carbonyl (C=O) groups is 3. The van der Waals surface area contributed by atoms with Gasteiger partial charge in [-0.1, -0.05) is 23.2 Å². The summed E-state index contributed by atoms with van der Waals surface area (Å²) in [6, 6.07) is 3.07. The summed E-state index contributed by atoms with van der Waals surface area (Å²) >= 11 is 13.1. The van der Waals surface area contributed by atoms with Gasteiger partial charge < -0.3 is 9.47 Å². The van der Waals surface area contributed by atoms with Gasteiger partial charge in [-0.2, -0.15) is 0 Å². The summed E-state index contributed by atoms with van der Waals surface area (Å²) in [4.78, 5) is 36.6. The number of hydrogen-bond donors (Lipinski definition) is 0. The standard InChI is InChI=1S/C16H15Cl2NO5S/c1-3-19-15(21)12(25-16(19)22)7-9-5-10(17)14(11(18)6-9)24-8-13(20)23-4-2/h5-7H,3-4,8H2,1-2H3/b12-7+. The Morgan fingerprint density at radius 1 is 1.24 bits per heavy atom. The van der Waals surface area contributed by atoms with Crippen molar-refractivity contribution in [1.82, 2.24) is 4.90 Å². The number of rotatable bonds is 6. The molecular formula is C16H15Cl2NO5S. The number of benzene rings is 1. The van der Waals surface area contributed by atoms with E-state index in [1.54, 1.807) is 13.8 Å². The first kappa shape index (κ1) is 19.6. The monoisotopic (exact) mass is 403 g/mol. The number of esters is 1. The molecule has 0 aromatic heterocycles. The van der Waals surface area contributed by atoms with E-state index in [0.717, 1.165) is 16.7 Å². The van der Waals surface area contributed by atoms with Crippen LogP contribution in [0.4, 0.5) is 4.79 Å². The van der Waals surface area contributed by atoms with E-state index < -0.39 is 5.97 Å². The maximum absolute atomic E-state index is 12.1. The third kappa shape index (κ3) is 4.68. The Morgan fingerprint density at radius 3 is 2.40 bits per heavy atom. The van der Waals surface area contributed by atoms with Crippen LogP contribution < -0.4 is 4.74 Å². The highest BCUT2D eigenvalue weighted by molar-refractivity contribution is 8.18. The average Bonchev–Trinajstić information content (AvgIpc) is 2.80. The van der Waals surface area contributed by atoms with E-state index in [1.807, 2.05) is 0 Å². The van der Waals surface area contributed by atoms with E-state index in [9.17, 15) is 14.4 Å². The quantitative estimate of drug-likeness (QED) is 0.527. The van der Waals surface area contributed by atoms with Crippen molar-refractivity contribution in [2.75, 3.05) is 19.8 Å². The highest BCUT2D eigenvalue weighted by Gasteiger charge is 2.33. The number of carbonyl (C=O) groups excluding carboxylic acids is 3. The van der Waals surface area contributed by atoms with Crippen LogP contribution in [0.25, 0.3) is 6.08 Å². The van der Waals surface area contributed by atoms with Crippen LogP contribution in [0.15, 0.2) is 17.0 Å². The molecule has 0 bridgehead atoms. The molecule has 0 aliphatic carbocycles. The molecule has 0 atom stereocenters. The van der Waals surface area contributed by atoms with Crippen LogP contribution in [0.3, 0.4) is 0 Å². The molecule has 1 aromatic carbocycles. The van der Waals surface area contributed by atoms with Gasteiger partial charge in [-0.3, -0.25) is 14.5 Å². The first-order valence-electron chi connectivity index (χ1n) is 7.40. The molecule has 9 heteroatoms. The Morgan fingerprint density at radius 2 is 1.88 bits per heavy atom. The highest BCUT2D eigenvalue weighted by atomic mass is 35.5. The summed E-state index contributed by atoms with van der Waals surface area (Å²) in [7, 11) is 0. The van der Waals surface area contributed by atoms with Gasteiger partial charge >= 0.3 is 5.97 Å². The zero-order chi connectivity index (χ0) is 18.6. The fourth-order valence-corrected chi connectivity index (χ4v) is 3.57. The molecule has 2 amide bonds. The SMILES string of the molecule is CCOC(=O)COc1c(Cl)cc(/C=C2/SC(=O)N(CC)C2=O)cc1Cl. The number of likely N-dealkylation sites (N-methyl/N-ethyl adjacent to an activating group) is 1. The van der Waals surface area contributed by atoms with Crippen LogP contribution in [0.1, 0.15) is 19.4 Å². The summed E-state index contributed by atoms with van der Waals surface area (Å²) in [5.74, 6) is -0.741. The maximum Gasteiger partial charge on any atom is 0.344 e. The second kappa shape index (κ2) is 8.60. The summed E-state index contributed by atoms with van der Waals surface area (Å²) < 4.78 is 10.0. The molecule has 2 rings (SSSR count). The van der Waals surface area contributed by atoms with Crippen LogP contribution >= 0.6 is 35.0 Å². The van der Waals surface area contributed by atoms with E-state index >= 15 is 0 Å². The summed E-state index contributed by atoms with van der Waals surface area (Å²) in [5, 5.41) is 0.0425. The summed E-state index contributed by atoms with van der Waals surface area (Å²) in [6.45, 7) is 3.65. The van der Waals surface area contributed by atoms with Gasteiger partial charge in [0.25, 0.3) is 11.1 Å². The van der Waals surface area contributed by atoms with Gasteiger partial charge in [0.1, 0.15) is 0 Å². The van der Waals surface area contributed by atoms with Gasteiger partial charge in [-0.25, -0.2) is 4.79 Å². The van der Waals surface area contributed by atoms with Crippen molar-refractivity contribution in [2.45, 2.75) is 13.8 Å². The lowest BCUT2D eigenvalue weighted by molar-refractivity contribution is -0.145. The van der Waals surface area contributed by atoms with E-state index in [-0.39, 0.29) is 40.2 Å². The Kier molecular flexibility index (Phi) is 6.75. The molecule has 1 aliphatic rings. The number of amides is 2. The number of nitrogens with zero attached hydrogens (tertiary/aromatic N) is 1. The van der Waals surface area contributed by atoms with Gasteiger partial charge in [-0.05, 0) is 49.4 Å². The minimum atomic E-state index is -0.535. The van der Waals surface area contributed by atoms with E-state index in [0.29, 0.717) is 17.0 Å². The maximum atomic E-state index is 12.1. The van der Waals surface area contributed by atoms with Crippen LogP contribution in [-0.2, 0) is 14.3 Å². The predicted molar refractivity (Wildman–Crippen MR) is 96.9 cm³/mol. The highest BCUT2D eigenvalue weighted by Crippen LogP contribution is 2.37. The largest absolute Gasteiger partial charge is 0.479 e. The first-order valence-corrected chi connectivity index (χ1v) is 8.97. The van der Waals surface area contributed by atoms with E-state index in [2.05, 4.69) is 0 Å². The molecular weight excluding hydrogens is 389 g/mol. The molecule has 1 aliphatic heterocycles. The summed E-state index contributed by atoms with van der Waals surface area (Å²) in [6.07, 6.45) is 1.54. The van der Waals surface area contributed by atoms with Crippen molar-refractivity contribution < 1.29 is 23.9 Å². The van der Waals surface area contributed by atoms with Crippen molar-refractivity contribution >= 4 is 58.2 Å². The number of thioether (sulfide) groups is 1. The van der Waals surface area contributed by atoms with Crippen LogP contribution in [0.5, 0.6) is 5.75 Å². The topological polar surface area (TPSA) is 72.9 Å². The third-order valence-electron chi connectivity index (χ3n) is 3.15. The second-order valence-corrected chi connectivity index (χ2v) is 6.64.